The molecule has 1 aliphatic rings. The first kappa shape index (κ1) is 21.2. The van der Waals surface area contributed by atoms with E-state index in [1.807, 2.05) is 43.3 Å². The number of aromatic nitrogens is 1. The first-order valence-electron chi connectivity index (χ1n) is 10.4. The number of carbonyl (C=O) groups excluding carboxylic acids is 1. The normalized spacial score (nSPS) is 15.8. The molecule has 158 valence electrons. The Hall–Kier alpha value is -2.09. The van der Waals surface area contributed by atoms with Crippen LogP contribution >= 0.6 is 23.1 Å². The van der Waals surface area contributed by atoms with Gasteiger partial charge in [0.2, 0.25) is 0 Å². The summed E-state index contributed by atoms with van der Waals surface area (Å²) >= 11 is 3.31. The van der Waals surface area contributed by atoms with Crippen LogP contribution in [-0.4, -0.2) is 35.4 Å². The van der Waals surface area contributed by atoms with E-state index in [0.717, 1.165) is 40.2 Å². The zero-order valence-corrected chi connectivity index (χ0v) is 18.8. The van der Waals surface area contributed by atoms with Crippen molar-refractivity contribution in [2.24, 2.45) is 0 Å². The van der Waals surface area contributed by atoms with Crippen LogP contribution in [0.1, 0.15) is 52.1 Å². The molecule has 0 spiro atoms. The number of hydrogen-bond donors (Lipinski definition) is 1. The number of thiazole rings is 1. The molecule has 0 aliphatic carbocycles. The highest BCUT2D eigenvalue weighted by molar-refractivity contribution is 7.98. The van der Waals surface area contributed by atoms with Gasteiger partial charge in [-0.2, -0.15) is 0 Å². The Bertz CT molecular complexity index is 949. The summed E-state index contributed by atoms with van der Waals surface area (Å²) in [5, 5.41) is 6.31. The predicted octanol–water partition coefficient (Wildman–Crippen LogP) is 5.29. The Morgan fingerprint density at radius 1 is 1.23 bits per heavy atom. The molecule has 0 radical (unpaired) electrons. The van der Waals surface area contributed by atoms with E-state index in [-0.39, 0.29) is 11.9 Å². The SMILES string of the molecule is Cc1nc(CSc2ccccc2C(=O)NC[C@H](c2ccco2)N2CCCCC2)cs1. The second-order valence-corrected chi connectivity index (χ2v) is 9.56. The summed E-state index contributed by atoms with van der Waals surface area (Å²) in [6, 6.07) is 11.8. The van der Waals surface area contributed by atoms with Crippen LogP contribution in [0.3, 0.4) is 0 Å². The molecule has 3 aromatic rings. The monoisotopic (exact) mass is 441 g/mol. The molecule has 1 fully saturated rings. The van der Waals surface area contributed by atoms with Crippen LogP contribution < -0.4 is 5.32 Å². The number of nitrogens with one attached hydrogen (secondary N) is 1. The molecule has 1 amide bonds. The standard InChI is InChI=1S/C23H27N3O2S2/c1-17-25-18(15-29-17)16-30-22-10-4-3-8-19(22)23(27)24-14-20(21-9-7-13-28-21)26-11-5-2-6-12-26/h3-4,7-10,13,15,20H,2,5-6,11-12,14,16H2,1H3,(H,24,27)/t20-/m1/s1. The molecule has 0 bridgehead atoms. The van der Waals surface area contributed by atoms with Crippen molar-refractivity contribution in [2.75, 3.05) is 19.6 Å². The topological polar surface area (TPSA) is 58.4 Å². The number of nitrogens with zero attached hydrogens (tertiary/aromatic N) is 2. The molecule has 0 saturated carbocycles. The Balaban J connectivity index is 1.42. The predicted molar refractivity (Wildman–Crippen MR) is 122 cm³/mol. The third-order valence-electron chi connectivity index (χ3n) is 5.33. The van der Waals surface area contributed by atoms with Gasteiger partial charge in [0, 0.05) is 22.6 Å². The van der Waals surface area contributed by atoms with Crippen LogP contribution in [0.5, 0.6) is 0 Å². The highest BCUT2D eigenvalue weighted by Crippen LogP contribution is 2.28. The zero-order chi connectivity index (χ0) is 20.8. The van der Waals surface area contributed by atoms with Crippen LogP contribution in [0.25, 0.3) is 0 Å². The summed E-state index contributed by atoms with van der Waals surface area (Å²) in [5.41, 5.74) is 1.77. The minimum absolute atomic E-state index is 0.0406. The molecule has 1 aromatic carbocycles. The molecule has 1 aliphatic heterocycles. The van der Waals surface area contributed by atoms with E-state index in [2.05, 4.69) is 20.6 Å². The molecule has 30 heavy (non-hydrogen) atoms. The van der Waals surface area contributed by atoms with Gasteiger partial charge in [-0.1, -0.05) is 18.6 Å². The highest BCUT2D eigenvalue weighted by Gasteiger charge is 2.25. The summed E-state index contributed by atoms with van der Waals surface area (Å²) in [6.45, 7) is 4.64. The average Bonchev–Trinajstić information content (AvgIpc) is 3.45. The fourth-order valence-electron chi connectivity index (χ4n) is 3.81. The summed E-state index contributed by atoms with van der Waals surface area (Å²) < 4.78 is 5.70. The summed E-state index contributed by atoms with van der Waals surface area (Å²) in [6.07, 6.45) is 5.37. The van der Waals surface area contributed by atoms with E-state index in [9.17, 15) is 4.79 Å². The van der Waals surface area contributed by atoms with Crippen LogP contribution in [0, 0.1) is 6.92 Å². The van der Waals surface area contributed by atoms with Crippen LogP contribution in [0.2, 0.25) is 0 Å². The number of amides is 1. The van der Waals surface area contributed by atoms with E-state index in [4.69, 9.17) is 4.42 Å². The minimum atomic E-state index is -0.0406. The Morgan fingerprint density at radius 2 is 2.07 bits per heavy atom. The maximum Gasteiger partial charge on any atom is 0.252 e. The lowest BCUT2D eigenvalue weighted by Crippen LogP contribution is -2.40. The lowest BCUT2D eigenvalue weighted by atomic mass is 10.1. The van der Waals surface area contributed by atoms with E-state index in [1.165, 1.54) is 19.3 Å². The van der Waals surface area contributed by atoms with Crippen molar-refractivity contribution >= 4 is 29.0 Å². The number of piperidine rings is 1. The Labute approximate surface area is 185 Å². The van der Waals surface area contributed by atoms with E-state index in [0.29, 0.717) is 12.1 Å². The third-order valence-corrected chi connectivity index (χ3v) is 7.26. The number of carbonyl (C=O) groups is 1. The minimum Gasteiger partial charge on any atom is -0.468 e. The van der Waals surface area contributed by atoms with Crippen molar-refractivity contribution in [3.63, 3.8) is 0 Å². The van der Waals surface area contributed by atoms with Gasteiger partial charge < -0.3 is 9.73 Å². The lowest BCUT2D eigenvalue weighted by Gasteiger charge is -2.33. The van der Waals surface area contributed by atoms with E-state index >= 15 is 0 Å². The van der Waals surface area contributed by atoms with Gasteiger partial charge in [-0.3, -0.25) is 9.69 Å². The largest absolute Gasteiger partial charge is 0.468 e. The molecule has 0 unspecified atom stereocenters. The molecule has 2 aromatic heterocycles. The van der Waals surface area contributed by atoms with Crippen molar-refractivity contribution in [3.8, 4) is 0 Å². The second-order valence-electron chi connectivity index (χ2n) is 7.48. The van der Waals surface area contributed by atoms with E-state index in [1.54, 1.807) is 29.4 Å². The van der Waals surface area contributed by atoms with Gasteiger partial charge in [-0.05, 0) is 57.1 Å². The van der Waals surface area contributed by atoms with Crippen molar-refractivity contribution in [1.29, 1.82) is 0 Å². The van der Waals surface area contributed by atoms with Crippen molar-refractivity contribution < 1.29 is 9.21 Å². The molecule has 1 N–H and O–H groups in total. The number of furan rings is 1. The van der Waals surface area contributed by atoms with Gasteiger partial charge in [0.25, 0.3) is 5.91 Å². The number of rotatable bonds is 8. The maximum absolute atomic E-state index is 13.1. The molecule has 4 rings (SSSR count). The summed E-state index contributed by atoms with van der Waals surface area (Å²) in [7, 11) is 0. The summed E-state index contributed by atoms with van der Waals surface area (Å²) in [5.74, 6) is 1.64. The van der Waals surface area contributed by atoms with Gasteiger partial charge in [0.05, 0.1) is 28.6 Å². The summed E-state index contributed by atoms with van der Waals surface area (Å²) in [4.78, 5) is 21.0. The van der Waals surface area contributed by atoms with Crippen LogP contribution in [0.4, 0.5) is 0 Å². The molecule has 7 heteroatoms. The fourth-order valence-corrected chi connectivity index (χ4v) is 5.47. The quantitative estimate of drug-likeness (QED) is 0.481. The van der Waals surface area contributed by atoms with Crippen molar-refractivity contribution in [2.45, 2.75) is 42.9 Å². The number of thioether (sulfide) groups is 1. The van der Waals surface area contributed by atoms with Crippen LogP contribution in [0.15, 0.2) is 57.4 Å². The molecule has 5 nitrogen and oxygen atoms in total. The molecule has 1 saturated heterocycles. The molecule has 3 heterocycles. The number of aryl methyl sites for hydroxylation is 1. The second kappa shape index (κ2) is 10.3. The number of hydrogen-bond acceptors (Lipinski definition) is 6. The van der Waals surface area contributed by atoms with Crippen molar-refractivity contribution in [1.82, 2.24) is 15.2 Å². The Kier molecular flexibility index (Phi) is 7.25. The fraction of sp³-hybridized carbons (Fsp3) is 0.391. The lowest BCUT2D eigenvalue weighted by molar-refractivity contribution is 0.0911. The first-order valence-corrected chi connectivity index (χ1v) is 12.3. The Morgan fingerprint density at radius 3 is 2.80 bits per heavy atom. The number of likely N-dealkylation sites (tertiary alicyclic amines) is 1. The van der Waals surface area contributed by atoms with Gasteiger partial charge >= 0.3 is 0 Å². The van der Waals surface area contributed by atoms with Gasteiger partial charge in [0.1, 0.15) is 5.76 Å². The van der Waals surface area contributed by atoms with Gasteiger partial charge in [-0.25, -0.2) is 4.98 Å². The highest BCUT2D eigenvalue weighted by atomic mass is 32.2. The van der Waals surface area contributed by atoms with Crippen LogP contribution in [-0.2, 0) is 5.75 Å². The van der Waals surface area contributed by atoms with Gasteiger partial charge in [0.15, 0.2) is 0 Å². The molecule has 1 atom stereocenters. The smallest absolute Gasteiger partial charge is 0.252 e. The first-order chi connectivity index (χ1) is 14.7. The number of benzene rings is 1. The molecular weight excluding hydrogens is 414 g/mol. The average molecular weight is 442 g/mol. The van der Waals surface area contributed by atoms with Gasteiger partial charge in [-0.15, -0.1) is 23.1 Å². The molecular formula is C23H27N3O2S2. The van der Waals surface area contributed by atoms with E-state index < -0.39 is 0 Å². The maximum atomic E-state index is 13.1. The van der Waals surface area contributed by atoms with Crippen molar-refractivity contribution in [3.05, 3.63) is 70.1 Å². The zero-order valence-electron chi connectivity index (χ0n) is 17.2. The third kappa shape index (κ3) is 5.33.